The fourth-order valence-corrected chi connectivity index (χ4v) is 2.00. The van der Waals surface area contributed by atoms with Crippen LogP contribution in [0, 0.1) is 6.92 Å². The first-order valence-corrected chi connectivity index (χ1v) is 6.39. The second-order valence-corrected chi connectivity index (χ2v) is 4.78. The molecule has 0 bridgehead atoms. The third-order valence-electron chi connectivity index (χ3n) is 3.15. The first-order valence-electron chi connectivity index (χ1n) is 6.39. The summed E-state index contributed by atoms with van der Waals surface area (Å²) < 4.78 is 5.20. The van der Waals surface area contributed by atoms with Gasteiger partial charge in [-0.1, -0.05) is 23.4 Å². The summed E-state index contributed by atoms with van der Waals surface area (Å²) in [6, 6.07) is 8.91. The van der Waals surface area contributed by atoms with E-state index in [9.17, 15) is 4.79 Å². The molecule has 6 heteroatoms. The summed E-state index contributed by atoms with van der Waals surface area (Å²) in [6.07, 6.45) is 1.50. The van der Waals surface area contributed by atoms with Crippen molar-refractivity contribution in [3.63, 3.8) is 0 Å². The van der Waals surface area contributed by atoms with Gasteiger partial charge in [-0.05, 0) is 24.6 Å². The summed E-state index contributed by atoms with van der Waals surface area (Å²) in [4.78, 5) is 13.8. The van der Waals surface area contributed by atoms with E-state index in [4.69, 9.17) is 15.4 Å². The number of aryl methyl sites for hydroxylation is 1. The predicted molar refractivity (Wildman–Crippen MR) is 78.2 cm³/mol. The Morgan fingerprint density at radius 2 is 2.19 bits per heavy atom. The summed E-state index contributed by atoms with van der Waals surface area (Å²) in [5.41, 5.74) is 7.83. The zero-order chi connectivity index (χ0) is 15.4. The Hall–Kier alpha value is -2.76. The number of nitrogens with zero attached hydrogens (tertiary/aromatic N) is 2. The quantitative estimate of drug-likeness (QED) is 0.389. The van der Waals surface area contributed by atoms with Crippen LogP contribution in [-0.4, -0.2) is 28.9 Å². The van der Waals surface area contributed by atoms with E-state index in [1.165, 1.54) is 6.26 Å². The normalized spacial score (nSPS) is 11.4. The number of furan rings is 1. The smallest absolute Gasteiger partial charge is 0.289 e. The van der Waals surface area contributed by atoms with Gasteiger partial charge in [0.1, 0.15) is 0 Å². The van der Waals surface area contributed by atoms with Crippen LogP contribution < -0.4 is 5.73 Å². The van der Waals surface area contributed by atoms with Gasteiger partial charge in [0.25, 0.3) is 5.91 Å². The maximum atomic E-state index is 12.2. The second kappa shape index (κ2) is 6.13. The van der Waals surface area contributed by atoms with Gasteiger partial charge in [-0.3, -0.25) is 4.79 Å². The number of hydrogen-bond donors (Lipinski definition) is 2. The van der Waals surface area contributed by atoms with Crippen molar-refractivity contribution in [2.24, 2.45) is 10.9 Å². The maximum absolute atomic E-state index is 12.2. The van der Waals surface area contributed by atoms with Crippen LogP contribution in [0.1, 0.15) is 27.2 Å². The molecule has 0 saturated heterocycles. The highest BCUT2D eigenvalue weighted by Gasteiger charge is 2.17. The van der Waals surface area contributed by atoms with Crippen LogP contribution in [0.2, 0.25) is 0 Å². The van der Waals surface area contributed by atoms with E-state index >= 15 is 0 Å². The van der Waals surface area contributed by atoms with Gasteiger partial charge >= 0.3 is 0 Å². The number of hydrogen-bond acceptors (Lipinski definition) is 4. The van der Waals surface area contributed by atoms with Crippen LogP contribution in [-0.2, 0) is 6.54 Å². The Bertz CT molecular complexity index is 676. The SMILES string of the molecule is Cc1ccoc1C(=O)N(C)Cc1cccc(C(N)=NO)c1. The number of carbonyl (C=O) groups is 1. The molecule has 0 atom stereocenters. The zero-order valence-electron chi connectivity index (χ0n) is 11.9. The number of oxime groups is 1. The van der Waals surface area contributed by atoms with Gasteiger partial charge in [-0.2, -0.15) is 0 Å². The molecule has 0 unspecified atom stereocenters. The zero-order valence-corrected chi connectivity index (χ0v) is 11.9. The van der Waals surface area contributed by atoms with Crippen molar-refractivity contribution in [2.45, 2.75) is 13.5 Å². The molecule has 1 heterocycles. The molecule has 2 rings (SSSR count). The van der Waals surface area contributed by atoms with Crippen molar-refractivity contribution >= 4 is 11.7 Å². The van der Waals surface area contributed by atoms with E-state index in [-0.39, 0.29) is 11.7 Å². The van der Waals surface area contributed by atoms with Gasteiger partial charge in [-0.25, -0.2) is 0 Å². The van der Waals surface area contributed by atoms with E-state index in [1.807, 2.05) is 13.0 Å². The van der Waals surface area contributed by atoms with E-state index in [0.717, 1.165) is 11.1 Å². The monoisotopic (exact) mass is 287 g/mol. The molecule has 110 valence electrons. The topological polar surface area (TPSA) is 92.1 Å². The van der Waals surface area contributed by atoms with Crippen molar-refractivity contribution in [2.75, 3.05) is 7.05 Å². The van der Waals surface area contributed by atoms with Crippen molar-refractivity contribution in [1.82, 2.24) is 4.90 Å². The van der Waals surface area contributed by atoms with Crippen LogP contribution in [0.25, 0.3) is 0 Å². The lowest BCUT2D eigenvalue weighted by molar-refractivity contribution is 0.0752. The maximum Gasteiger partial charge on any atom is 0.289 e. The Morgan fingerprint density at radius 1 is 1.43 bits per heavy atom. The molecular formula is C15H17N3O3. The fraction of sp³-hybridized carbons (Fsp3) is 0.200. The average Bonchev–Trinajstić information content (AvgIpc) is 2.92. The van der Waals surface area contributed by atoms with Crippen LogP contribution in [0.3, 0.4) is 0 Å². The lowest BCUT2D eigenvalue weighted by Crippen LogP contribution is -2.26. The molecule has 0 radical (unpaired) electrons. The third-order valence-corrected chi connectivity index (χ3v) is 3.15. The van der Waals surface area contributed by atoms with E-state index in [0.29, 0.717) is 17.9 Å². The van der Waals surface area contributed by atoms with Gasteiger partial charge in [0, 0.05) is 24.7 Å². The van der Waals surface area contributed by atoms with Crippen LogP contribution in [0.15, 0.2) is 46.2 Å². The van der Waals surface area contributed by atoms with Gasteiger partial charge in [-0.15, -0.1) is 0 Å². The van der Waals surface area contributed by atoms with Gasteiger partial charge in [0.15, 0.2) is 11.6 Å². The van der Waals surface area contributed by atoms with Gasteiger partial charge in [0.2, 0.25) is 0 Å². The van der Waals surface area contributed by atoms with Crippen molar-refractivity contribution in [3.05, 3.63) is 59.0 Å². The highest BCUT2D eigenvalue weighted by Crippen LogP contribution is 2.14. The van der Waals surface area contributed by atoms with E-state index in [1.54, 1.807) is 36.2 Å². The van der Waals surface area contributed by atoms with Crippen molar-refractivity contribution in [1.29, 1.82) is 0 Å². The molecule has 0 spiro atoms. The molecule has 0 fully saturated rings. The first-order chi connectivity index (χ1) is 10.0. The number of amides is 1. The Labute approximate surface area is 122 Å². The second-order valence-electron chi connectivity index (χ2n) is 4.78. The summed E-state index contributed by atoms with van der Waals surface area (Å²) in [7, 11) is 1.69. The molecule has 0 aliphatic heterocycles. The number of nitrogens with two attached hydrogens (primary N) is 1. The highest BCUT2D eigenvalue weighted by atomic mass is 16.4. The summed E-state index contributed by atoms with van der Waals surface area (Å²) >= 11 is 0. The minimum Gasteiger partial charge on any atom is -0.459 e. The molecule has 21 heavy (non-hydrogen) atoms. The molecule has 1 aromatic heterocycles. The largest absolute Gasteiger partial charge is 0.459 e. The highest BCUT2D eigenvalue weighted by molar-refractivity contribution is 5.97. The Balaban J connectivity index is 2.15. The van der Waals surface area contributed by atoms with E-state index < -0.39 is 0 Å². The van der Waals surface area contributed by atoms with Gasteiger partial charge < -0.3 is 20.3 Å². The lowest BCUT2D eigenvalue weighted by Gasteiger charge is -2.16. The van der Waals surface area contributed by atoms with Crippen LogP contribution in [0.5, 0.6) is 0 Å². The molecule has 3 N–H and O–H groups in total. The average molecular weight is 287 g/mol. The lowest BCUT2D eigenvalue weighted by atomic mass is 10.1. The molecule has 1 amide bonds. The molecule has 6 nitrogen and oxygen atoms in total. The summed E-state index contributed by atoms with van der Waals surface area (Å²) in [5, 5.41) is 11.7. The number of rotatable bonds is 4. The minimum absolute atomic E-state index is 0.0349. The van der Waals surface area contributed by atoms with Gasteiger partial charge in [0.05, 0.1) is 6.26 Å². The van der Waals surface area contributed by atoms with Crippen LogP contribution >= 0.6 is 0 Å². The van der Waals surface area contributed by atoms with Crippen LogP contribution in [0.4, 0.5) is 0 Å². The molecular weight excluding hydrogens is 270 g/mol. The number of benzene rings is 1. The Morgan fingerprint density at radius 3 is 2.81 bits per heavy atom. The molecule has 0 saturated carbocycles. The van der Waals surface area contributed by atoms with Crippen molar-refractivity contribution < 1.29 is 14.4 Å². The number of amidine groups is 1. The summed E-state index contributed by atoms with van der Waals surface area (Å²) in [6.45, 7) is 2.22. The molecule has 0 aliphatic carbocycles. The standard InChI is InChI=1S/C15H17N3O3/c1-10-6-7-21-13(10)15(19)18(2)9-11-4-3-5-12(8-11)14(16)17-20/h3-8,20H,9H2,1-2H3,(H2,16,17). The van der Waals surface area contributed by atoms with E-state index in [2.05, 4.69) is 5.16 Å². The first kappa shape index (κ1) is 14.6. The molecule has 1 aromatic carbocycles. The fourth-order valence-electron chi connectivity index (χ4n) is 2.00. The minimum atomic E-state index is -0.188. The van der Waals surface area contributed by atoms with Crippen molar-refractivity contribution in [3.8, 4) is 0 Å². The third kappa shape index (κ3) is 3.22. The Kier molecular flexibility index (Phi) is 4.27. The predicted octanol–water partition coefficient (Wildman–Crippen LogP) is 1.95. The molecule has 2 aromatic rings. The molecule has 0 aliphatic rings. The summed E-state index contributed by atoms with van der Waals surface area (Å²) in [5.74, 6) is 0.185. The number of carbonyl (C=O) groups excluding carboxylic acids is 1.